The first kappa shape index (κ1) is 9.90. The number of aliphatic imine (C=N–C) groups is 1. The second-order valence-electron chi connectivity index (χ2n) is 3.88. The molecule has 1 atom stereocenters. The van der Waals surface area contributed by atoms with Gasteiger partial charge in [0, 0.05) is 11.3 Å². The number of aryl methyl sites for hydroxylation is 1. The number of benzodiazepines with no additional fused rings is 1. The van der Waals surface area contributed by atoms with Crippen LogP contribution in [0.5, 0.6) is 0 Å². The number of nitrogens with one attached hydrogen (secondary N) is 1. The van der Waals surface area contributed by atoms with E-state index in [0.717, 1.165) is 22.5 Å². The summed E-state index contributed by atoms with van der Waals surface area (Å²) in [6.45, 7) is 5.78. The van der Waals surface area contributed by atoms with E-state index >= 15 is 0 Å². The molecule has 0 saturated carbocycles. The van der Waals surface area contributed by atoms with E-state index in [4.69, 9.17) is 0 Å². The van der Waals surface area contributed by atoms with E-state index < -0.39 is 0 Å². The lowest BCUT2D eigenvalue weighted by Gasteiger charge is -2.09. The Labute approximate surface area is 89.2 Å². The molecule has 0 saturated heterocycles. The molecular formula is C12H14N2O. The van der Waals surface area contributed by atoms with E-state index in [-0.39, 0.29) is 11.9 Å². The number of rotatable bonds is 0. The van der Waals surface area contributed by atoms with Crippen molar-refractivity contribution in [1.29, 1.82) is 0 Å². The molecule has 1 aliphatic rings. The molecule has 0 aromatic heterocycles. The number of hydrogen-bond donors (Lipinski definition) is 1. The highest BCUT2D eigenvalue weighted by Crippen LogP contribution is 2.23. The van der Waals surface area contributed by atoms with Crippen molar-refractivity contribution >= 4 is 17.3 Å². The molecule has 1 aromatic carbocycles. The predicted molar refractivity (Wildman–Crippen MR) is 61.5 cm³/mol. The fourth-order valence-corrected chi connectivity index (χ4v) is 1.90. The predicted octanol–water partition coefficient (Wildman–Crippen LogP) is 2.14. The highest BCUT2D eigenvalue weighted by Gasteiger charge is 2.20. The SMILES string of the molecule is CC1=NC(C)C(=O)Nc2cccc(C)c21. The fraction of sp³-hybridized carbons (Fsp3) is 0.333. The highest BCUT2D eigenvalue weighted by molar-refractivity contribution is 6.11. The maximum atomic E-state index is 11.6. The van der Waals surface area contributed by atoms with Crippen LogP contribution in [-0.4, -0.2) is 17.7 Å². The van der Waals surface area contributed by atoms with Gasteiger partial charge in [-0.15, -0.1) is 0 Å². The van der Waals surface area contributed by atoms with Crippen LogP contribution < -0.4 is 5.32 Å². The van der Waals surface area contributed by atoms with Crippen molar-refractivity contribution in [1.82, 2.24) is 0 Å². The summed E-state index contributed by atoms with van der Waals surface area (Å²) in [6.07, 6.45) is 0. The summed E-state index contributed by atoms with van der Waals surface area (Å²) in [4.78, 5) is 16.0. The second-order valence-corrected chi connectivity index (χ2v) is 3.88. The molecule has 0 aliphatic carbocycles. The molecule has 1 N–H and O–H groups in total. The molecule has 1 amide bonds. The molecule has 3 nitrogen and oxygen atoms in total. The van der Waals surface area contributed by atoms with Gasteiger partial charge in [-0.1, -0.05) is 12.1 Å². The molecule has 78 valence electrons. The van der Waals surface area contributed by atoms with Crippen molar-refractivity contribution in [3.05, 3.63) is 29.3 Å². The minimum Gasteiger partial charge on any atom is -0.324 e. The molecule has 1 aliphatic heterocycles. The zero-order chi connectivity index (χ0) is 11.0. The summed E-state index contributed by atoms with van der Waals surface area (Å²) in [5, 5.41) is 2.89. The van der Waals surface area contributed by atoms with Gasteiger partial charge < -0.3 is 5.32 Å². The number of anilines is 1. The highest BCUT2D eigenvalue weighted by atomic mass is 16.2. The minimum absolute atomic E-state index is 0.0429. The Morgan fingerprint density at radius 2 is 2.07 bits per heavy atom. The molecule has 0 fully saturated rings. The number of carbonyl (C=O) groups is 1. The maximum Gasteiger partial charge on any atom is 0.248 e. The molecule has 2 rings (SSSR count). The minimum atomic E-state index is -0.309. The van der Waals surface area contributed by atoms with Gasteiger partial charge in [-0.25, -0.2) is 0 Å². The van der Waals surface area contributed by atoms with E-state index in [1.807, 2.05) is 32.0 Å². The van der Waals surface area contributed by atoms with Gasteiger partial charge >= 0.3 is 0 Å². The fourth-order valence-electron chi connectivity index (χ4n) is 1.90. The van der Waals surface area contributed by atoms with Crippen LogP contribution in [0.3, 0.4) is 0 Å². The Morgan fingerprint density at radius 1 is 1.33 bits per heavy atom. The summed E-state index contributed by atoms with van der Waals surface area (Å²) in [5.41, 5.74) is 3.98. The van der Waals surface area contributed by atoms with Crippen molar-refractivity contribution in [2.45, 2.75) is 26.8 Å². The van der Waals surface area contributed by atoms with E-state index in [2.05, 4.69) is 10.3 Å². The van der Waals surface area contributed by atoms with Crippen molar-refractivity contribution in [2.75, 3.05) is 5.32 Å². The van der Waals surface area contributed by atoms with Crippen LogP contribution in [0.4, 0.5) is 5.69 Å². The lowest BCUT2D eigenvalue weighted by atomic mass is 10.0. The van der Waals surface area contributed by atoms with Crippen LogP contribution in [-0.2, 0) is 4.79 Å². The van der Waals surface area contributed by atoms with Crippen LogP contribution in [0.15, 0.2) is 23.2 Å². The third-order valence-electron chi connectivity index (χ3n) is 2.66. The third kappa shape index (κ3) is 1.65. The number of fused-ring (bicyclic) bond motifs is 1. The van der Waals surface area contributed by atoms with Gasteiger partial charge in [0.2, 0.25) is 5.91 Å². The van der Waals surface area contributed by atoms with E-state index in [0.29, 0.717) is 0 Å². The summed E-state index contributed by atoms with van der Waals surface area (Å²) in [6, 6.07) is 5.58. The van der Waals surface area contributed by atoms with Crippen LogP contribution >= 0.6 is 0 Å². The molecule has 1 heterocycles. The summed E-state index contributed by atoms with van der Waals surface area (Å²) in [7, 11) is 0. The van der Waals surface area contributed by atoms with E-state index in [1.54, 1.807) is 6.92 Å². The smallest absolute Gasteiger partial charge is 0.248 e. The van der Waals surface area contributed by atoms with Gasteiger partial charge in [0.1, 0.15) is 6.04 Å². The summed E-state index contributed by atoms with van der Waals surface area (Å²) < 4.78 is 0. The monoisotopic (exact) mass is 202 g/mol. The average Bonchev–Trinajstić information content (AvgIpc) is 2.26. The summed E-state index contributed by atoms with van der Waals surface area (Å²) >= 11 is 0. The zero-order valence-corrected chi connectivity index (χ0v) is 9.16. The van der Waals surface area contributed by atoms with Crippen molar-refractivity contribution in [3.63, 3.8) is 0 Å². The molecule has 0 bridgehead atoms. The topological polar surface area (TPSA) is 41.5 Å². The normalized spacial score (nSPS) is 20.1. The van der Waals surface area contributed by atoms with Gasteiger partial charge in [0.15, 0.2) is 0 Å². The Kier molecular flexibility index (Phi) is 2.31. The number of amides is 1. The Balaban J connectivity index is 2.63. The Morgan fingerprint density at radius 3 is 2.80 bits per heavy atom. The van der Waals surface area contributed by atoms with Crippen LogP contribution in [0.25, 0.3) is 0 Å². The quantitative estimate of drug-likeness (QED) is 0.688. The Bertz CT molecular complexity index is 449. The largest absolute Gasteiger partial charge is 0.324 e. The molecule has 15 heavy (non-hydrogen) atoms. The van der Waals surface area contributed by atoms with Crippen molar-refractivity contribution in [3.8, 4) is 0 Å². The van der Waals surface area contributed by atoms with E-state index in [1.165, 1.54) is 0 Å². The zero-order valence-electron chi connectivity index (χ0n) is 9.16. The maximum absolute atomic E-state index is 11.6. The first-order valence-corrected chi connectivity index (χ1v) is 5.05. The average molecular weight is 202 g/mol. The first-order chi connectivity index (χ1) is 7.09. The number of benzene rings is 1. The van der Waals surface area contributed by atoms with Crippen LogP contribution in [0.2, 0.25) is 0 Å². The van der Waals surface area contributed by atoms with E-state index in [9.17, 15) is 4.79 Å². The Hall–Kier alpha value is -1.64. The number of hydrogen-bond acceptors (Lipinski definition) is 2. The molecule has 1 unspecified atom stereocenters. The lowest BCUT2D eigenvalue weighted by molar-refractivity contribution is -0.116. The van der Waals surface area contributed by atoms with Crippen LogP contribution in [0, 0.1) is 6.92 Å². The third-order valence-corrected chi connectivity index (χ3v) is 2.66. The first-order valence-electron chi connectivity index (χ1n) is 5.05. The number of carbonyl (C=O) groups excluding carboxylic acids is 1. The number of nitrogens with zero attached hydrogens (tertiary/aromatic N) is 1. The van der Waals surface area contributed by atoms with Crippen LogP contribution in [0.1, 0.15) is 25.0 Å². The standard InChI is InChI=1S/C12H14N2O/c1-7-5-4-6-10-11(7)8(2)13-9(3)12(15)14-10/h4-6,9H,1-3H3,(H,14,15). The van der Waals surface area contributed by atoms with Crippen molar-refractivity contribution in [2.24, 2.45) is 4.99 Å². The van der Waals surface area contributed by atoms with Gasteiger partial charge in [0.05, 0.1) is 5.69 Å². The lowest BCUT2D eigenvalue weighted by Crippen LogP contribution is -2.22. The molecule has 0 radical (unpaired) electrons. The van der Waals surface area contributed by atoms with Gasteiger partial charge in [-0.05, 0) is 32.4 Å². The summed E-state index contributed by atoms with van der Waals surface area (Å²) in [5.74, 6) is -0.0429. The van der Waals surface area contributed by atoms with Crippen molar-refractivity contribution < 1.29 is 4.79 Å². The van der Waals surface area contributed by atoms with Gasteiger partial charge in [0.25, 0.3) is 0 Å². The van der Waals surface area contributed by atoms with Gasteiger partial charge in [-0.3, -0.25) is 9.79 Å². The molecule has 3 heteroatoms. The second kappa shape index (κ2) is 3.50. The molecular weight excluding hydrogens is 188 g/mol. The van der Waals surface area contributed by atoms with Gasteiger partial charge in [-0.2, -0.15) is 0 Å². The molecule has 1 aromatic rings. The molecule has 0 spiro atoms.